The fourth-order valence-corrected chi connectivity index (χ4v) is 5.45. The number of sulfone groups is 1. The highest BCUT2D eigenvalue weighted by molar-refractivity contribution is 7.91. The molecule has 1 saturated carbocycles. The van der Waals surface area contributed by atoms with Crippen molar-refractivity contribution in [2.45, 2.75) is 69.8 Å². The summed E-state index contributed by atoms with van der Waals surface area (Å²) < 4.78 is 70.7. The van der Waals surface area contributed by atoms with E-state index in [0.29, 0.717) is 36.5 Å². The lowest BCUT2D eigenvalue weighted by molar-refractivity contribution is -0.185. The van der Waals surface area contributed by atoms with Gasteiger partial charge in [0.2, 0.25) is 0 Å². The van der Waals surface area contributed by atoms with E-state index in [1.807, 2.05) is 11.5 Å². The Bertz CT molecular complexity index is 1360. The van der Waals surface area contributed by atoms with Crippen LogP contribution in [0.4, 0.5) is 13.2 Å². The molecule has 4 rings (SSSR count). The molecular weight excluding hydrogens is 507 g/mol. The topological polar surface area (TPSA) is 90.3 Å². The molecule has 1 fully saturated rings. The van der Waals surface area contributed by atoms with Crippen molar-refractivity contribution in [1.82, 2.24) is 14.9 Å². The first-order valence-electron chi connectivity index (χ1n) is 12.4. The van der Waals surface area contributed by atoms with E-state index in [1.165, 1.54) is 12.1 Å². The van der Waals surface area contributed by atoms with Crippen LogP contribution >= 0.6 is 0 Å². The molecular formula is C26H30F3N3O4S. The maximum Gasteiger partial charge on any atom is 0.391 e. The number of aryl methyl sites for hydroxylation is 1. The predicted molar refractivity (Wildman–Crippen MR) is 133 cm³/mol. The van der Waals surface area contributed by atoms with Gasteiger partial charge in [-0.1, -0.05) is 19.1 Å². The molecule has 11 heteroatoms. The monoisotopic (exact) mass is 537 g/mol. The third-order valence-electron chi connectivity index (χ3n) is 6.82. The summed E-state index contributed by atoms with van der Waals surface area (Å²) in [4.78, 5) is 17.5. The normalized spacial score (nSPS) is 18.6. The van der Waals surface area contributed by atoms with E-state index in [-0.39, 0.29) is 42.0 Å². The summed E-state index contributed by atoms with van der Waals surface area (Å²) in [5.74, 6) is -1.57. The van der Waals surface area contributed by atoms with Crippen LogP contribution in [-0.4, -0.2) is 41.9 Å². The minimum absolute atomic E-state index is 0.0191. The van der Waals surface area contributed by atoms with Gasteiger partial charge in [0.1, 0.15) is 6.10 Å². The minimum Gasteiger partial charge on any atom is -0.461 e. The lowest BCUT2D eigenvalue weighted by atomic mass is 9.87. The minimum atomic E-state index is -4.17. The quantitative estimate of drug-likeness (QED) is 0.422. The molecule has 1 aliphatic rings. The van der Waals surface area contributed by atoms with Crippen LogP contribution in [0.25, 0.3) is 11.0 Å². The summed E-state index contributed by atoms with van der Waals surface area (Å²) in [5, 5.41) is 2.82. The molecule has 1 heterocycles. The zero-order chi connectivity index (χ0) is 26.8. The summed E-state index contributed by atoms with van der Waals surface area (Å²) >= 11 is 0. The van der Waals surface area contributed by atoms with Crippen LogP contribution in [0.5, 0.6) is 6.01 Å². The van der Waals surface area contributed by atoms with Gasteiger partial charge in [0.05, 0.1) is 27.6 Å². The molecule has 0 atom stereocenters. The Morgan fingerprint density at radius 2 is 1.76 bits per heavy atom. The van der Waals surface area contributed by atoms with Gasteiger partial charge in [-0.3, -0.25) is 9.36 Å². The second-order valence-electron chi connectivity index (χ2n) is 9.21. The molecule has 1 aliphatic carbocycles. The number of amides is 1. The number of hydrogen-bond acceptors (Lipinski definition) is 5. The van der Waals surface area contributed by atoms with E-state index in [4.69, 9.17) is 4.74 Å². The van der Waals surface area contributed by atoms with E-state index in [2.05, 4.69) is 10.3 Å². The summed E-state index contributed by atoms with van der Waals surface area (Å²) in [5.41, 5.74) is 2.49. The molecule has 3 aromatic rings. The van der Waals surface area contributed by atoms with E-state index in [0.717, 1.165) is 11.1 Å². The number of rotatable bonds is 8. The average Bonchev–Trinajstić information content (AvgIpc) is 3.23. The maximum atomic E-state index is 13.0. The van der Waals surface area contributed by atoms with Crippen LogP contribution < -0.4 is 10.1 Å². The smallest absolute Gasteiger partial charge is 0.391 e. The SMILES string of the molecule is CCn1c(OC2CCC(C(F)(F)F)CC2)nc2cc(C(=O)NCc3ccc(S(=O)(=O)CC)cc3)ccc21. The number of nitrogens with one attached hydrogen (secondary N) is 1. The molecule has 0 bridgehead atoms. The number of carbonyl (C=O) groups excluding carboxylic acids is 1. The van der Waals surface area contributed by atoms with Gasteiger partial charge in [-0.2, -0.15) is 18.2 Å². The van der Waals surface area contributed by atoms with Crippen molar-refractivity contribution >= 4 is 26.8 Å². The molecule has 0 radical (unpaired) electrons. The molecule has 0 unspecified atom stereocenters. The number of ether oxygens (including phenoxy) is 1. The molecule has 37 heavy (non-hydrogen) atoms. The van der Waals surface area contributed by atoms with Gasteiger partial charge in [-0.15, -0.1) is 0 Å². The Balaban J connectivity index is 1.42. The first-order valence-corrected chi connectivity index (χ1v) is 14.0. The van der Waals surface area contributed by atoms with Crippen LogP contribution in [0, 0.1) is 5.92 Å². The second-order valence-corrected chi connectivity index (χ2v) is 11.5. The lowest BCUT2D eigenvalue weighted by Crippen LogP contribution is -2.32. The Hall–Kier alpha value is -3.08. The van der Waals surface area contributed by atoms with Gasteiger partial charge >= 0.3 is 6.18 Å². The van der Waals surface area contributed by atoms with Gasteiger partial charge in [0.15, 0.2) is 9.84 Å². The number of halogens is 3. The zero-order valence-corrected chi connectivity index (χ0v) is 21.5. The average molecular weight is 538 g/mol. The second kappa shape index (κ2) is 10.7. The number of hydrogen-bond donors (Lipinski definition) is 1. The van der Waals surface area contributed by atoms with Crippen molar-refractivity contribution in [2.75, 3.05) is 5.75 Å². The highest BCUT2D eigenvalue weighted by atomic mass is 32.2. The van der Waals surface area contributed by atoms with Crippen LogP contribution in [0.1, 0.15) is 55.5 Å². The van der Waals surface area contributed by atoms with Crippen molar-refractivity contribution in [1.29, 1.82) is 0 Å². The van der Waals surface area contributed by atoms with Crippen molar-refractivity contribution < 1.29 is 31.1 Å². The Labute approximate surface area is 213 Å². The molecule has 1 aromatic heterocycles. The fraction of sp³-hybridized carbons (Fsp3) is 0.462. The lowest BCUT2D eigenvalue weighted by Gasteiger charge is -2.29. The summed E-state index contributed by atoms with van der Waals surface area (Å²) in [6.45, 7) is 4.29. The van der Waals surface area contributed by atoms with E-state index in [9.17, 15) is 26.4 Å². The predicted octanol–water partition coefficient (Wildman–Crippen LogP) is 5.28. The first kappa shape index (κ1) is 27.0. The van der Waals surface area contributed by atoms with Gasteiger partial charge in [-0.25, -0.2) is 8.42 Å². The number of imidazole rings is 1. The third kappa shape index (κ3) is 6.08. The van der Waals surface area contributed by atoms with Crippen molar-refractivity contribution in [3.63, 3.8) is 0 Å². The van der Waals surface area contributed by atoms with Crippen molar-refractivity contribution in [3.05, 3.63) is 53.6 Å². The molecule has 0 saturated heterocycles. The molecule has 7 nitrogen and oxygen atoms in total. The van der Waals surface area contributed by atoms with Crippen LogP contribution in [-0.2, 0) is 22.9 Å². The molecule has 1 N–H and O–H groups in total. The van der Waals surface area contributed by atoms with E-state index >= 15 is 0 Å². The van der Waals surface area contributed by atoms with Crippen molar-refractivity contribution in [2.24, 2.45) is 5.92 Å². The highest BCUT2D eigenvalue weighted by Crippen LogP contribution is 2.38. The van der Waals surface area contributed by atoms with Crippen LogP contribution in [0.15, 0.2) is 47.4 Å². The molecule has 1 amide bonds. The maximum absolute atomic E-state index is 13.0. The summed E-state index contributed by atoms with van der Waals surface area (Å²) in [7, 11) is -3.28. The number of benzene rings is 2. The Morgan fingerprint density at radius 3 is 2.35 bits per heavy atom. The summed E-state index contributed by atoms with van der Waals surface area (Å²) in [6, 6.07) is 11.8. The molecule has 2 aromatic carbocycles. The van der Waals surface area contributed by atoms with Gasteiger partial charge in [0.25, 0.3) is 11.9 Å². The summed E-state index contributed by atoms with van der Waals surface area (Å²) in [6.07, 6.45) is -3.78. The van der Waals surface area contributed by atoms with Gasteiger partial charge < -0.3 is 10.1 Å². The number of fused-ring (bicyclic) bond motifs is 1. The van der Waals surface area contributed by atoms with Gasteiger partial charge in [-0.05, 0) is 68.5 Å². The standard InChI is InChI=1S/C26H30F3N3O4S/c1-3-32-23-14-7-18(24(33)30-16-17-5-12-21(13-6-17)37(34,35)4-2)15-22(23)31-25(32)36-20-10-8-19(9-11-20)26(27,28)29/h5-7,12-15,19-20H,3-4,8-11,16H2,1-2H3,(H,30,33). The van der Waals surface area contributed by atoms with E-state index < -0.39 is 21.9 Å². The largest absolute Gasteiger partial charge is 0.461 e. The Kier molecular flexibility index (Phi) is 7.82. The van der Waals surface area contributed by atoms with Gasteiger partial charge in [0, 0.05) is 18.7 Å². The first-order chi connectivity index (χ1) is 17.5. The number of nitrogens with zero attached hydrogens (tertiary/aromatic N) is 2. The van der Waals surface area contributed by atoms with Crippen molar-refractivity contribution in [3.8, 4) is 6.01 Å². The number of alkyl halides is 3. The number of aromatic nitrogens is 2. The van der Waals surface area contributed by atoms with Crippen LogP contribution in [0.3, 0.4) is 0 Å². The highest BCUT2D eigenvalue weighted by Gasteiger charge is 2.42. The number of carbonyl (C=O) groups is 1. The van der Waals surface area contributed by atoms with E-state index in [1.54, 1.807) is 37.3 Å². The third-order valence-corrected chi connectivity index (χ3v) is 8.57. The zero-order valence-electron chi connectivity index (χ0n) is 20.7. The Morgan fingerprint density at radius 1 is 1.08 bits per heavy atom. The van der Waals surface area contributed by atoms with Crippen LogP contribution in [0.2, 0.25) is 0 Å². The molecule has 0 aliphatic heterocycles. The molecule has 0 spiro atoms. The molecule has 200 valence electrons. The fourth-order valence-electron chi connectivity index (χ4n) is 4.57.